The van der Waals surface area contributed by atoms with E-state index in [9.17, 15) is 4.79 Å². The molecule has 0 atom stereocenters. The van der Waals surface area contributed by atoms with E-state index in [4.69, 9.17) is 14.3 Å². The van der Waals surface area contributed by atoms with Crippen LogP contribution in [0.25, 0.3) is 0 Å². The molecule has 0 bridgehead atoms. The first-order valence-corrected chi connectivity index (χ1v) is 9.07. The van der Waals surface area contributed by atoms with Crippen LogP contribution in [0.2, 0.25) is 0 Å². The van der Waals surface area contributed by atoms with E-state index < -0.39 is 0 Å². The summed E-state index contributed by atoms with van der Waals surface area (Å²) < 4.78 is 10.5. The number of nitrogens with one attached hydrogen (secondary N) is 2. The SMILES string of the molecule is COc1ccc(CONC(=O)c2cccnc2NCc2ccccc2OC)cc1. The number of ether oxygens (including phenoxy) is 2. The molecule has 2 N–H and O–H groups in total. The molecule has 1 heterocycles. The van der Waals surface area contributed by atoms with Gasteiger partial charge in [0.2, 0.25) is 0 Å². The number of anilines is 1. The van der Waals surface area contributed by atoms with Crippen LogP contribution in [0.4, 0.5) is 5.82 Å². The van der Waals surface area contributed by atoms with E-state index in [1.165, 1.54) is 0 Å². The number of nitrogens with zero attached hydrogens (tertiary/aromatic N) is 1. The zero-order valence-electron chi connectivity index (χ0n) is 16.3. The first kappa shape index (κ1) is 20.2. The molecule has 3 aromatic rings. The van der Waals surface area contributed by atoms with Gasteiger partial charge in [0.1, 0.15) is 17.3 Å². The van der Waals surface area contributed by atoms with E-state index in [1.807, 2.05) is 48.5 Å². The van der Waals surface area contributed by atoms with Gasteiger partial charge in [0, 0.05) is 18.3 Å². The van der Waals surface area contributed by atoms with E-state index in [2.05, 4.69) is 15.8 Å². The molecule has 0 aliphatic rings. The Morgan fingerprint density at radius 2 is 1.76 bits per heavy atom. The molecule has 0 saturated carbocycles. The summed E-state index contributed by atoms with van der Waals surface area (Å²) in [6.07, 6.45) is 1.62. The van der Waals surface area contributed by atoms with Gasteiger partial charge < -0.3 is 14.8 Å². The Kier molecular flexibility index (Phi) is 7.02. The zero-order valence-corrected chi connectivity index (χ0v) is 16.3. The average Bonchev–Trinajstić information content (AvgIpc) is 2.78. The summed E-state index contributed by atoms with van der Waals surface area (Å²) in [4.78, 5) is 22.2. The first-order chi connectivity index (χ1) is 14.2. The van der Waals surface area contributed by atoms with Gasteiger partial charge in [-0.15, -0.1) is 0 Å². The highest BCUT2D eigenvalue weighted by Crippen LogP contribution is 2.20. The number of hydroxylamine groups is 1. The van der Waals surface area contributed by atoms with Crippen molar-refractivity contribution in [2.75, 3.05) is 19.5 Å². The van der Waals surface area contributed by atoms with Gasteiger partial charge in [-0.1, -0.05) is 30.3 Å². The van der Waals surface area contributed by atoms with Crippen LogP contribution >= 0.6 is 0 Å². The van der Waals surface area contributed by atoms with E-state index in [0.29, 0.717) is 17.9 Å². The smallest absolute Gasteiger partial charge is 0.278 e. The van der Waals surface area contributed by atoms with Crippen LogP contribution in [0.1, 0.15) is 21.5 Å². The Morgan fingerprint density at radius 1 is 0.966 bits per heavy atom. The number of methoxy groups -OCH3 is 2. The highest BCUT2D eigenvalue weighted by Gasteiger charge is 2.13. The molecule has 0 radical (unpaired) electrons. The average molecular weight is 393 g/mol. The molecular weight excluding hydrogens is 370 g/mol. The summed E-state index contributed by atoms with van der Waals surface area (Å²) in [5.74, 6) is 1.61. The quantitative estimate of drug-likeness (QED) is 0.541. The molecule has 2 aromatic carbocycles. The van der Waals surface area contributed by atoms with Crippen molar-refractivity contribution in [3.8, 4) is 11.5 Å². The molecule has 0 aliphatic heterocycles. The van der Waals surface area contributed by atoms with E-state index in [-0.39, 0.29) is 12.5 Å². The Balaban J connectivity index is 1.59. The lowest BCUT2D eigenvalue weighted by molar-refractivity contribution is 0.0234. The minimum absolute atomic E-state index is 0.236. The lowest BCUT2D eigenvalue weighted by Crippen LogP contribution is -2.25. The molecule has 1 amide bonds. The van der Waals surface area contributed by atoms with Crippen LogP contribution in [-0.2, 0) is 18.0 Å². The molecule has 7 nitrogen and oxygen atoms in total. The second kappa shape index (κ2) is 10.1. The molecular formula is C22H23N3O4. The standard InChI is InChI=1S/C22H23N3O4/c1-27-18-11-9-16(10-12-18)15-29-25-22(26)19-7-5-13-23-21(19)24-14-17-6-3-4-8-20(17)28-2/h3-13H,14-15H2,1-2H3,(H,23,24)(H,25,26). The van der Waals surface area contributed by atoms with Gasteiger partial charge in [-0.3, -0.25) is 9.63 Å². The molecule has 0 saturated heterocycles. The third-order valence-electron chi connectivity index (χ3n) is 4.25. The number of benzene rings is 2. The van der Waals surface area contributed by atoms with Gasteiger partial charge in [0.25, 0.3) is 5.91 Å². The van der Waals surface area contributed by atoms with Crippen molar-refractivity contribution in [3.63, 3.8) is 0 Å². The van der Waals surface area contributed by atoms with Crippen LogP contribution < -0.4 is 20.3 Å². The normalized spacial score (nSPS) is 10.3. The van der Waals surface area contributed by atoms with Gasteiger partial charge in [0.05, 0.1) is 26.4 Å². The van der Waals surface area contributed by atoms with Crippen LogP contribution in [0.3, 0.4) is 0 Å². The zero-order chi connectivity index (χ0) is 20.5. The van der Waals surface area contributed by atoms with Gasteiger partial charge in [-0.05, 0) is 35.9 Å². The van der Waals surface area contributed by atoms with Gasteiger partial charge in [0.15, 0.2) is 0 Å². The molecule has 3 rings (SSSR count). The van der Waals surface area contributed by atoms with Crippen LogP contribution in [0.15, 0.2) is 66.9 Å². The first-order valence-electron chi connectivity index (χ1n) is 9.07. The lowest BCUT2D eigenvalue weighted by atomic mass is 10.2. The molecule has 0 unspecified atom stereocenters. The summed E-state index contributed by atoms with van der Waals surface area (Å²) in [5, 5.41) is 3.18. The van der Waals surface area contributed by atoms with E-state index in [1.54, 1.807) is 32.5 Å². The Morgan fingerprint density at radius 3 is 2.52 bits per heavy atom. The Labute approximate surface area is 169 Å². The second-order valence-corrected chi connectivity index (χ2v) is 6.13. The number of para-hydroxylation sites is 1. The summed E-state index contributed by atoms with van der Waals surface area (Å²) in [6.45, 7) is 0.702. The largest absolute Gasteiger partial charge is 0.497 e. The number of aromatic nitrogens is 1. The van der Waals surface area contributed by atoms with Crippen molar-refractivity contribution in [2.45, 2.75) is 13.2 Å². The van der Waals surface area contributed by atoms with Crippen molar-refractivity contribution >= 4 is 11.7 Å². The topological polar surface area (TPSA) is 81.7 Å². The van der Waals surface area contributed by atoms with Crippen molar-refractivity contribution < 1.29 is 19.1 Å². The molecule has 0 spiro atoms. The lowest BCUT2D eigenvalue weighted by Gasteiger charge is -2.13. The van der Waals surface area contributed by atoms with E-state index in [0.717, 1.165) is 22.6 Å². The third kappa shape index (κ3) is 5.46. The Hall–Kier alpha value is -3.58. The van der Waals surface area contributed by atoms with E-state index >= 15 is 0 Å². The number of hydrogen-bond acceptors (Lipinski definition) is 6. The fourth-order valence-corrected chi connectivity index (χ4v) is 2.72. The van der Waals surface area contributed by atoms with Crippen molar-refractivity contribution in [1.82, 2.24) is 10.5 Å². The number of rotatable bonds is 9. The molecule has 0 aliphatic carbocycles. The number of hydrogen-bond donors (Lipinski definition) is 2. The predicted molar refractivity (Wildman–Crippen MR) is 110 cm³/mol. The van der Waals surface area contributed by atoms with Gasteiger partial charge >= 0.3 is 0 Å². The summed E-state index contributed by atoms with van der Waals surface area (Å²) in [5.41, 5.74) is 4.72. The monoisotopic (exact) mass is 393 g/mol. The summed E-state index contributed by atoms with van der Waals surface area (Å²) in [6, 6.07) is 18.5. The van der Waals surface area contributed by atoms with Crippen LogP contribution in [0.5, 0.6) is 11.5 Å². The maximum absolute atomic E-state index is 12.5. The molecule has 7 heteroatoms. The molecule has 1 aromatic heterocycles. The second-order valence-electron chi connectivity index (χ2n) is 6.13. The third-order valence-corrected chi connectivity index (χ3v) is 4.25. The predicted octanol–water partition coefficient (Wildman–Crippen LogP) is 3.57. The van der Waals surface area contributed by atoms with Crippen molar-refractivity contribution in [3.05, 3.63) is 83.6 Å². The van der Waals surface area contributed by atoms with Gasteiger partial charge in [-0.25, -0.2) is 10.5 Å². The molecule has 29 heavy (non-hydrogen) atoms. The number of carbonyl (C=O) groups excluding carboxylic acids is 1. The highest BCUT2D eigenvalue weighted by atomic mass is 16.6. The van der Waals surface area contributed by atoms with Crippen LogP contribution in [0, 0.1) is 0 Å². The van der Waals surface area contributed by atoms with Crippen LogP contribution in [-0.4, -0.2) is 25.1 Å². The molecule has 0 fully saturated rings. The minimum Gasteiger partial charge on any atom is -0.497 e. The highest BCUT2D eigenvalue weighted by molar-refractivity contribution is 5.98. The fourth-order valence-electron chi connectivity index (χ4n) is 2.72. The van der Waals surface area contributed by atoms with Crippen molar-refractivity contribution in [2.24, 2.45) is 0 Å². The maximum atomic E-state index is 12.5. The number of pyridine rings is 1. The number of amides is 1. The minimum atomic E-state index is -0.380. The fraction of sp³-hybridized carbons (Fsp3) is 0.182. The summed E-state index contributed by atoms with van der Waals surface area (Å²) >= 11 is 0. The summed E-state index contributed by atoms with van der Waals surface area (Å²) in [7, 11) is 3.23. The number of carbonyl (C=O) groups is 1. The maximum Gasteiger partial charge on any atom is 0.278 e. The van der Waals surface area contributed by atoms with Crippen molar-refractivity contribution in [1.29, 1.82) is 0 Å². The Bertz CT molecular complexity index is 945. The van der Waals surface area contributed by atoms with Gasteiger partial charge in [-0.2, -0.15) is 0 Å². The molecule has 150 valence electrons.